The van der Waals surface area contributed by atoms with Crippen molar-refractivity contribution < 1.29 is 37.3 Å². The highest BCUT2D eigenvalue weighted by Crippen LogP contribution is 2.30. The zero-order valence-electron chi connectivity index (χ0n) is 16.0. The normalized spacial score (nSPS) is 11.0. The molecule has 0 spiro atoms. The van der Waals surface area contributed by atoms with Crippen LogP contribution in [0, 0.1) is 0 Å². The average Bonchev–Trinajstić information content (AvgIpc) is 2.70. The van der Waals surface area contributed by atoms with Crippen molar-refractivity contribution >= 4 is 29.2 Å². The Morgan fingerprint density at radius 1 is 1.06 bits per heavy atom. The smallest absolute Gasteiger partial charge is 0.481 e. The molecule has 0 saturated heterocycles. The number of halogens is 4. The van der Waals surface area contributed by atoms with E-state index in [1.54, 1.807) is 6.07 Å². The van der Waals surface area contributed by atoms with Gasteiger partial charge in [0.25, 0.3) is 5.91 Å². The van der Waals surface area contributed by atoms with E-state index in [4.69, 9.17) is 21.4 Å². The summed E-state index contributed by atoms with van der Waals surface area (Å²) in [6, 6.07) is 12.0. The third kappa shape index (κ3) is 6.61. The molecular formula is C21H14ClF3N2O5. The largest absolute Gasteiger partial charge is 0.573 e. The topological polar surface area (TPSA) is 97.8 Å². The summed E-state index contributed by atoms with van der Waals surface area (Å²) >= 11 is 6.10. The molecule has 0 aliphatic carbocycles. The van der Waals surface area contributed by atoms with Gasteiger partial charge in [-0.3, -0.25) is 9.59 Å². The van der Waals surface area contributed by atoms with Crippen LogP contribution in [-0.2, 0) is 11.2 Å². The van der Waals surface area contributed by atoms with Gasteiger partial charge in [-0.1, -0.05) is 17.7 Å². The lowest BCUT2D eigenvalue weighted by Crippen LogP contribution is -2.17. The number of nitrogens with zero attached hydrogens (tertiary/aromatic N) is 1. The summed E-state index contributed by atoms with van der Waals surface area (Å²) in [6.07, 6.45) is -3.67. The van der Waals surface area contributed by atoms with Crippen molar-refractivity contribution in [2.45, 2.75) is 12.8 Å². The highest BCUT2D eigenvalue weighted by molar-refractivity contribution is 6.32. The standard InChI is InChI=1S/C21H14ClF3N2O5/c22-16-9-12(10-19(28)29)1-7-17(16)31-18-8-4-14(11-26-18)27-20(30)13-2-5-15(6-3-13)32-21(23,24)25/h1-9,11H,10H2,(H,27,30)(H,28,29). The minimum atomic E-state index is -4.82. The number of anilines is 1. The van der Waals surface area contributed by atoms with Gasteiger partial charge < -0.3 is 19.9 Å². The summed E-state index contributed by atoms with van der Waals surface area (Å²) in [6.45, 7) is 0. The molecule has 166 valence electrons. The van der Waals surface area contributed by atoms with Crippen LogP contribution < -0.4 is 14.8 Å². The van der Waals surface area contributed by atoms with Crippen molar-refractivity contribution in [3.63, 3.8) is 0 Å². The van der Waals surface area contributed by atoms with Crippen molar-refractivity contribution in [2.75, 3.05) is 5.32 Å². The molecule has 0 unspecified atom stereocenters. The van der Waals surface area contributed by atoms with Gasteiger partial charge in [0.05, 0.1) is 23.3 Å². The van der Waals surface area contributed by atoms with E-state index in [0.717, 1.165) is 12.1 Å². The number of ether oxygens (including phenoxy) is 2. The minimum Gasteiger partial charge on any atom is -0.481 e. The first-order valence-corrected chi connectivity index (χ1v) is 9.28. The Balaban J connectivity index is 1.61. The number of aromatic nitrogens is 1. The maximum absolute atomic E-state index is 12.2. The SMILES string of the molecule is O=C(O)Cc1ccc(Oc2ccc(NC(=O)c3ccc(OC(F)(F)F)cc3)cn2)c(Cl)c1. The van der Waals surface area contributed by atoms with Crippen LogP contribution >= 0.6 is 11.6 Å². The van der Waals surface area contributed by atoms with Crippen molar-refractivity contribution in [3.8, 4) is 17.4 Å². The number of hydrogen-bond acceptors (Lipinski definition) is 5. The van der Waals surface area contributed by atoms with Gasteiger partial charge in [-0.2, -0.15) is 0 Å². The molecule has 3 rings (SSSR count). The highest BCUT2D eigenvalue weighted by atomic mass is 35.5. The second-order valence-electron chi connectivity index (χ2n) is 6.35. The molecule has 32 heavy (non-hydrogen) atoms. The number of hydrogen-bond donors (Lipinski definition) is 2. The van der Waals surface area contributed by atoms with Crippen LogP contribution in [-0.4, -0.2) is 28.3 Å². The molecule has 1 heterocycles. The summed E-state index contributed by atoms with van der Waals surface area (Å²) in [7, 11) is 0. The van der Waals surface area contributed by atoms with E-state index in [1.807, 2.05) is 0 Å². The van der Waals surface area contributed by atoms with Crippen LogP contribution in [0.1, 0.15) is 15.9 Å². The predicted molar refractivity (Wildman–Crippen MR) is 108 cm³/mol. The molecule has 0 aliphatic rings. The van der Waals surface area contributed by atoms with Crippen LogP contribution in [0.15, 0.2) is 60.8 Å². The third-order valence-corrected chi connectivity index (χ3v) is 4.21. The number of benzene rings is 2. The molecule has 0 atom stereocenters. The van der Waals surface area contributed by atoms with Gasteiger partial charge in [-0.25, -0.2) is 4.98 Å². The highest BCUT2D eigenvalue weighted by Gasteiger charge is 2.31. The van der Waals surface area contributed by atoms with Crippen LogP contribution in [0.25, 0.3) is 0 Å². The Kier molecular flexibility index (Phi) is 6.84. The Labute approximate surface area is 184 Å². The van der Waals surface area contributed by atoms with Crippen LogP contribution in [0.5, 0.6) is 17.4 Å². The van der Waals surface area contributed by atoms with E-state index in [1.165, 1.54) is 42.6 Å². The molecule has 7 nitrogen and oxygen atoms in total. The van der Waals surface area contributed by atoms with Gasteiger partial charge in [-0.15, -0.1) is 13.2 Å². The second kappa shape index (κ2) is 9.56. The van der Waals surface area contributed by atoms with Gasteiger partial charge in [0, 0.05) is 11.6 Å². The van der Waals surface area contributed by atoms with E-state index in [-0.39, 0.29) is 28.6 Å². The molecule has 0 saturated carbocycles. The molecule has 2 aromatic carbocycles. The summed E-state index contributed by atoms with van der Waals surface area (Å²) in [5, 5.41) is 11.6. The van der Waals surface area contributed by atoms with E-state index < -0.39 is 24.0 Å². The lowest BCUT2D eigenvalue weighted by atomic mass is 10.1. The van der Waals surface area contributed by atoms with Crippen molar-refractivity contribution in [1.29, 1.82) is 0 Å². The molecule has 0 bridgehead atoms. The van der Waals surface area contributed by atoms with Gasteiger partial charge >= 0.3 is 12.3 Å². The van der Waals surface area contributed by atoms with E-state index in [2.05, 4.69) is 15.0 Å². The number of amides is 1. The fraction of sp³-hybridized carbons (Fsp3) is 0.0952. The first-order valence-electron chi connectivity index (χ1n) is 8.90. The number of carbonyl (C=O) groups is 2. The van der Waals surface area contributed by atoms with E-state index in [9.17, 15) is 22.8 Å². The molecule has 0 fully saturated rings. The summed E-state index contributed by atoms with van der Waals surface area (Å²) in [5.41, 5.74) is 0.952. The summed E-state index contributed by atoms with van der Waals surface area (Å²) in [4.78, 5) is 27.1. The summed E-state index contributed by atoms with van der Waals surface area (Å²) < 4.78 is 45.9. The molecular weight excluding hydrogens is 453 g/mol. The quantitative estimate of drug-likeness (QED) is 0.490. The van der Waals surface area contributed by atoms with Crippen LogP contribution in [0.4, 0.5) is 18.9 Å². The molecule has 3 aromatic rings. The Hall–Kier alpha value is -3.79. The van der Waals surface area contributed by atoms with Crippen molar-refractivity contribution in [2.24, 2.45) is 0 Å². The Morgan fingerprint density at radius 3 is 2.34 bits per heavy atom. The first kappa shape index (κ1) is 22.9. The number of alkyl halides is 3. The first-order chi connectivity index (χ1) is 15.1. The predicted octanol–water partition coefficient (Wildman–Crippen LogP) is 5.31. The second-order valence-corrected chi connectivity index (χ2v) is 6.76. The number of nitrogens with one attached hydrogen (secondary N) is 1. The lowest BCUT2D eigenvalue weighted by molar-refractivity contribution is -0.274. The van der Waals surface area contributed by atoms with E-state index >= 15 is 0 Å². The van der Waals surface area contributed by atoms with E-state index in [0.29, 0.717) is 11.3 Å². The van der Waals surface area contributed by atoms with Crippen molar-refractivity contribution in [1.82, 2.24) is 4.98 Å². The van der Waals surface area contributed by atoms with Crippen LogP contribution in [0.3, 0.4) is 0 Å². The number of carbonyl (C=O) groups excluding carboxylic acids is 1. The number of carboxylic acids is 1. The zero-order chi connectivity index (χ0) is 23.3. The van der Waals surface area contributed by atoms with Gasteiger partial charge in [0.15, 0.2) is 0 Å². The van der Waals surface area contributed by atoms with Gasteiger partial charge in [-0.05, 0) is 48.0 Å². The maximum atomic E-state index is 12.2. The molecule has 11 heteroatoms. The number of pyridine rings is 1. The van der Waals surface area contributed by atoms with Gasteiger partial charge in [0.1, 0.15) is 11.5 Å². The fourth-order valence-corrected chi connectivity index (χ4v) is 2.79. The molecule has 2 N–H and O–H groups in total. The maximum Gasteiger partial charge on any atom is 0.573 e. The lowest BCUT2D eigenvalue weighted by Gasteiger charge is -2.10. The number of carboxylic acid groups (broad SMARTS) is 1. The van der Waals surface area contributed by atoms with Crippen LogP contribution in [0.2, 0.25) is 5.02 Å². The number of rotatable bonds is 7. The molecule has 1 aromatic heterocycles. The molecule has 0 radical (unpaired) electrons. The zero-order valence-corrected chi connectivity index (χ0v) is 16.8. The monoisotopic (exact) mass is 466 g/mol. The third-order valence-electron chi connectivity index (χ3n) is 3.91. The fourth-order valence-electron chi connectivity index (χ4n) is 2.55. The van der Waals surface area contributed by atoms with Crippen molar-refractivity contribution in [3.05, 3.63) is 76.9 Å². The Bertz CT molecular complexity index is 1120. The number of aliphatic carboxylic acids is 1. The van der Waals surface area contributed by atoms with Gasteiger partial charge in [0.2, 0.25) is 5.88 Å². The summed E-state index contributed by atoms with van der Waals surface area (Å²) in [5.74, 6) is -1.54. The average molecular weight is 467 g/mol. The Morgan fingerprint density at radius 2 is 1.78 bits per heavy atom. The molecule has 0 aliphatic heterocycles. The molecule has 1 amide bonds. The minimum absolute atomic E-state index is 0.119.